The standard InChI is InChI=1S/C22H20N2O6/c1-12-9-14(22(28)29)5-7-18(12)23-19(25)13-4-6-16-17(10-13)21(27)24(20(16)26)11-15-3-2-8-30-15/h4-7,9-10,15H,2-3,8,11H2,1H3,(H,23,25)(H,28,29). The number of imide groups is 1. The number of carbonyl (C=O) groups excluding carboxylic acids is 3. The zero-order chi connectivity index (χ0) is 21.4. The number of amides is 3. The van der Waals surface area contributed by atoms with E-state index in [-0.39, 0.29) is 40.8 Å². The summed E-state index contributed by atoms with van der Waals surface area (Å²) in [6, 6.07) is 8.78. The summed E-state index contributed by atoms with van der Waals surface area (Å²) in [6.07, 6.45) is 1.57. The van der Waals surface area contributed by atoms with Gasteiger partial charge < -0.3 is 15.2 Å². The summed E-state index contributed by atoms with van der Waals surface area (Å²) < 4.78 is 5.53. The highest BCUT2D eigenvalue weighted by Gasteiger charge is 2.38. The van der Waals surface area contributed by atoms with E-state index in [4.69, 9.17) is 9.84 Å². The van der Waals surface area contributed by atoms with Crippen LogP contribution in [0.2, 0.25) is 0 Å². The van der Waals surface area contributed by atoms with Gasteiger partial charge >= 0.3 is 5.97 Å². The number of aromatic carboxylic acids is 1. The Bertz CT molecular complexity index is 1070. The van der Waals surface area contributed by atoms with Crippen LogP contribution in [0.4, 0.5) is 5.69 Å². The van der Waals surface area contributed by atoms with Crippen molar-refractivity contribution < 1.29 is 29.0 Å². The highest BCUT2D eigenvalue weighted by Crippen LogP contribution is 2.27. The molecule has 2 aromatic carbocycles. The lowest BCUT2D eigenvalue weighted by atomic mass is 10.0. The van der Waals surface area contributed by atoms with Crippen LogP contribution in [0.1, 0.15) is 59.8 Å². The van der Waals surface area contributed by atoms with Crippen LogP contribution in [0.3, 0.4) is 0 Å². The average Bonchev–Trinajstić information content (AvgIpc) is 3.32. The number of nitrogens with one attached hydrogen (secondary N) is 1. The van der Waals surface area contributed by atoms with Crippen molar-refractivity contribution in [2.24, 2.45) is 0 Å². The van der Waals surface area contributed by atoms with Crippen LogP contribution < -0.4 is 5.32 Å². The normalized spacial score (nSPS) is 17.9. The second-order valence-electron chi connectivity index (χ2n) is 7.41. The summed E-state index contributed by atoms with van der Waals surface area (Å²) in [5.74, 6) is -2.31. The summed E-state index contributed by atoms with van der Waals surface area (Å²) in [5, 5.41) is 11.8. The predicted octanol–water partition coefficient (Wildman–Crippen LogP) is 2.72. The van der Waals surface area contributed by atoms with Gasteiger partial charge in [-0.2, -0.15) is 0 Å². The third-order valence-electron chi connectivity index (χ3n) is 5.36. The van der Waals surface area contributed by atoms with E-state index < -0.39 is 17.8 Å². The van der Waals surface area contributed by atoms with Crippen molar-refractivity contribution in [2.45, 2.75) is 25.9 Å². The predicted molar refractivity (Wildman–Crippen MR) is 107 cm³/mol. The summed E-state index contributed by atoms with van der Waals surface area (Å²) in [6.45, 7) is 2.53. The van der Waals surface area contributed by atoms with Crippen LogP contribution in [-0.2, 0) is 4.74 Å². The molecule has 2 N–H and O–H groups in total. The molecule has 2 aromatic rings. The van der Waals surface area contributed by atoms with Gasteiger partial charge in [0.2, 0.25) is 0 Å². The molecule has 2 heterocycles. The van der Waals surface area contributed by atoms with Gasteiger partial charge in [-0.15, -0.1) is 0 Å². The smallest absolute Gasteiger partial charge is 0.335 e. The third kappa shape index (κ3) is 3.57. The van der Waals surface area contributed by atoms with E-state index in [1.807, 2.05) is 0 Å². The monoisotopic (exact) mass is 408 g/mol. The van der Waals surface area contributed by atoms with Gasteiger partial charge in [-0.05, 0) is 61.7 Å². The topological polar surface area (TPSA) is 113 Å². The molecule has 8 heteroatoms. The quantitative estimate of drug-likeness (QED) is 0.736. The van der Waals surface area contributed by atoms with Crippen molar-refractivity contribution in [1.82, 2.24) is 4.90 Å². The number of fused-ring (bicyclic) bond motifs is 1. The number of rotatable bonds is 5. The lowest BCUT2D eigenvalue weighted by molar-refractivity contribution is 0.0475. The van der Waals surface area contributed by atoms with Crippen molar-refractivity contribution >= 4 is 29.4 Å². The number of nitrogens with zero attached hydrogens (tertiary/aromatic N) is 1. The second-order valence-corrected chi connectivity index (χ2v) is 7.41. The maximum atomic E-state index is 12.7. The summed E-state index contributed by atoms with van der Waals surface area (Å²) >= 11 is 0. The molecule has 1 fully saturated rings. The zero-order valence-corrected chi connectivity index (χ0v) is 16.3. The number of aryl methyl sites for hydroxylation is 1. The lowest BCUT2D eigenvalue weighted by Crippen LogP contribution is -2.36. The Morgan fingerprint density at radius 3 is 2.50 bits per heavy atom. The molecule has 30 heavy (non-hydrogen) atoms. The molecule has 2 aliphatic heterocycles. The van der Waals surface area contributed by atoms with Crippen LogP contribution >= 0.6 is 0 Å². The van der Waals surface area contributed by atoms with Gasteiger partial charge in [0.1, 0.15) is 0 Å². The van der Waals surface area contributed by atoms with Crippen LogP contribution in [0.15, 0.2) is 36.4 Å². The van der Waals surface area contributed by atoms with Gasteiger partial charge in [0.05, 0.1) is 29.3 Å². The number of carbonyl (C=O) groups is 4. The molecule has 1 saturated heterocycles. The molecule has 3 amide bonds. The summed E-state index contributed by atoms with van der Waals surface area (Å²) in [7, 11) is 0. The summed E-state index contributed by atoms with van der Waals surface area (Å²) in [4.78, 5) is 50.2. The van der Waals surface area contributed by atoms with Crippen molar-refractivity contribution in [3.05, 3.63) is 64.2 Å². The highest BCUT2D eigenvalue weighted by atomic mass is 16.5. The first-order valence-corrected chi connectivity index (χ1v) is 9.62. The van der Waals surface area contributed by atoms with E-state index in [0.717, 1.165) is 12.8 Å². The van der Waals surface area contributed by atoms with Gasteiger partial charge in [0.15, 0.2) is 0 Å². The van der Waals surface area contributed by atoms with E-state index in [1.165, 1.54) is 41.3 Å². The van der Waals surface area contributed by atoms with Gasteiger partial charge in [-0.25, -0.2) is 4.79 Å². The number of benzene rings is 2. The number of ether oxygens (including phenoxy) is 1. The molecule has 0 bridgehead atoms. The van der Waals surface area contributed by atoms with Crippen molar-refractivity contribution in [1.29, 1.82) is 0 Å². The Morgan fingerprint density at radius 2 is 1.83 bits per heavy atom. The lowest BCUT2D eigenvalue weighted by Gasteiger charge is -2.17. The molecular weight excluding hydrogens is 388 g/mol. The van der Waals surface area contributed by atoms with E-state index in [9.17, 15) is 19.2 Å². The van der Waals surface area contributed by atoms with Crippen LogP contribution in [0.5, 0.6) is 0 Å². The second kappa shape index (κ2) is 7.72. The minimum atomic E-state index is -1.05. The van der Waals surface area contributed by atoms with Gasteiger partial charge in [0.25, 0.3) is 17.7 Å². The molecule has 0 aromatic heterocycles. The van der Waals surface area contributed by atoms with Gasteiger partial charge in [0, 0.05) is 17.9 Å². The molecule has 1 unspecified atom stereocenters. The average molecular weight is 408 g/mol. The van der Waals surface area contributed by atoms with E-state index in [2.05, 4.69) is 5.32 Å². The molecule has 0 radical (unpaired) electrons. The fourth-order valence-electron chi connectivity index (χ4n) is 3.72. The SMILES string of the molecule is Cc1cc(C(=O)O)ccc1NC(=O)c1ccc2c(c1)C(=O)N(CC1CCCO1)C2=O. The fraction of sp³-hybridized carbons (Fsp3) is 0.273. The Morgan fingerprint density at radius 1 is 1.10 bits per heavy atom. The molecule has 1 atom stereocenters. The zero-order valence-electron chi connectivity index (χ0n) is 16.3. The van der Waals surface area contributed by atoms with Gasteiger partial charge in [-0.1, -0.05) is 0 Å². The van der Waals surface area contributed by atoms with E-state index in [0.29, 0.717) is 17.9 Å². The molecule has 0 saturated carbocycles. The maximum absolute atomic E-state index is 12.7. The molecule has 154 valence electrons. The first-order valence-electron chi connectivity index (χ1n) is 9.62. The number of hydrogen-bond donors (Lipinski definition) is 2. The fourth-order valence-corrected chi connectivity index (χ4v) is 3.72. The minimum absolute atomic E-state index is 0.124. The third-order valence-corrected chi connectivity index (χ3v) is 5.36. The molecule has 0 aliphatic carbocycles. The first kappa shape index (κ1) is 19.8. The number of anilines is 1. The molecule has 8 nitrogen and oxygen atoms in total. The Hall–Kier alpha value is -3.52. The van der Waals surface area contributed by atoms with Gasteiger partial charge in [-0.3, -0.25) is 19.3 Å². The Kier molecular flexibility index (Phi) is 5.09. The number of hydrogen-bond acceptors (Lipinski definition) is 5. The largest absolute Gasteiger partial charge is 0.478 e. The van der Waals surface area contributed by atoms with Crippen LogP contribution in [0, 0.1) is 6.92 Å². The number of carboxylic acids is 1. The first-order chi connectivity index (χ1) is 14.3. The van der Waals surface area contributed by atoms with Crippen LogP contribution in [-0.4, -0.2) is 53.0 Å². The Balaban J connectivity index is 1.53. The summed E-state index contributed by atoms with van der Waals surface area (Å²) in [5.41, 5.74) is 1.89. The maximum Gasteiger partial charge on any atom is 0.335 e. The number of carboxylic acid groups (broad SMARTS) is 1. The molecule has 4 rings (SSSR count). The minimum Gasteiger partial charge on any atom is -0.478 e. The highest BCUT2D eigenvalue weighted by molar-refractivity contribution is 6.22. The van der Waals surface area contributed by atoms with Crippen molar-refractivity contribution in [2.75, 3.05) is 18.5 Å². The molecule has 2 aliphatic rings. The molecule has 0 spiro atoms. The Labute approximate surface area is 172 Å². The van der Waals surface area contributed by atoms with Crippen molar-refractivity contribution in [3.63, 3.8) is 0 Å². The van der Waals surface area contributed by atoms with E-state index in [1.54, 1.807) is 6.92 Å². The molecular formula is C22H20N2O6. The van der Waals surface area contributed by atoms with Crippen LogP contribution in [0.25, 0.3) is 0 Å². The van der Waals surface area contributed by atoms with Crippen molar-refractivity contribution in [3.8, 4) is 0 Å². The van der Waals surface area contributed by atoms with E-state index >= 15 is 0 Å².